The van der Waals surface area contributed by atoms with E-state index in [1.54, 1.807) is 19.2 Å². The van der Waals surface area contributed by atoms with Crippen LogP contribution in [0, 0.1) is 0 Å². The van der Waals surface area contributed by atoms with Gasteiger partial charge in [-0.25, -0.2) is 4.79 Å². The van der Waals surface area contributed by atoms with Gasteiger partial charge in [0, 0.05) is 6.54 Å². The van der Waals surface area contributed by atoms with Crippen molar-refractivity contribution >= 4 is 11.9 Å². The fourth-order valence-corrected chi connectivity index (χ4v) is 2.48. The summed E-state index contributed by atoms with van der Waals surface area (Å²) in [6, 6.07) is 11.9. The van der Waals surface area contributed by atoms with Gasteiger partial charge in [0.1, 0.15) is 0 Å². The van der Waals surface area contributed by atoms with Gasteiger partial charge >= 0.3 is 5.97 Å². The van der Waals surface area contributed by atoms with Crippen molar-refractivity contribution in [3.63, 3.8) is 0 Å². The Bertz CT molecular complexity index is 771. The SMILES string of the molecule is CCCCOc1ccc(CNC(=O)Cc2ccc(C(=O)O)cc2)cc1OC. The first-order chi connectivity index (χ1) is 13.0. The normalized spacial score (nSPS) is 10.3. The van der Waals surface area contributed by atoms with E-state index >= 15 is 0 Å². The van der Waals surface area contributed by atoms with E-state index in [4.69, 9.17) is 14.6 Å². The van der Waals surface area contributed by atoms with E-state index in [0.29, 0.717) is 24.7 Å². The Balaban J connectivity index is 1.89. The van der Waals surface area contributed by atoms with E-state index in [1.807, 2.05) is 18.2 Å². The Labute approximate surface area is 159 Å². The van der Waals surface area contributed by atoms with Crippen molar-refractivity contribution in [2.24, 2.45) is 0 Å². The number of benzene rings is 2. The van der Waals surface area contributed by atoms with Gasteiger partial charge in [-0.15, -0.1) is 0 Å². The predicted octanol–water partition coefficient (Wildman–Crippen LogP) is 3.43. The molecule has 0 aliphatic rings. The lowest BCUT2D eigenvalue weighted by Gasteiger charge is -2.12. The first kappa shape index (κ1) is 20.3. The number of carboxylic acids is 1. The Hall–Kier alpha value is -3.02. The van der Waals surface area contributed by atoms with Crippen LogP contribution >= 0.6 is 0 Å². The van der Waals surface area contributed by atoms with E-state index in [2.05, 4.69) is 12.2 Å². The molecule has 0 radical (unpaired) electrons. The molecule has 2 rings (SSSR count). The number of hydrogen-bond acceptors (Lipinski definition) is 4. The van der Waals surface area contributed by atoms with E-state index in [0.717, 1.165) is 24.0 Å². The molecule has 0 spiro atoms. The lowest BCUT2D eigenvalue weighted by Crippen LogP contribution is -2.24. The summed E-state index contributed by atoms with van der Waals surface area (Å²) in [7, 11) is 1.59. The van der Waals surface area contributed by atoms with Crippen LogP contribution in [-0.2, 0) is 17.8 Å². The highest BCUT2D eigenvalue weighted by molar-refractivity contribution is 5.87. The van der Waals surface area contributed by atoms with Gasteiger partial charge in [0.05, 0.1) is 25.7 Å². The zero-order valence-corrected chi connectivity index (χ0v) is 15.7. The van der Waals surface area contributed by atoms with Crippen molar-refractivity contribution in [1.29, 1.82) is 0 Å². The van der Waals surface area contributed by atoms with Crippen LogP contribution in [0.5, 0.6) is 11.5 Å². The average molecular weight is 371 g/mol. The second kappa shape index (κ2) is 10.2. The zero-order valence-electron chi connectivity index (χ0n) is 15.7. The van der Waals surface area contributed by atoms with Gasteiger partial charge in [0.25, 0.3) is 0 Å². The summed E-state index contributed by atoms with van der Waals surface area (Å²) in [6.07, 6.45) is 2.23. The van der Waals surface area contributed by atoms with E-state index in [9.17, 15) is 9.59 Å². The molecule has 0 saturated carbocycles. The Morgan fingerprint density at radius 1 is 1.04 bits per heavy atom. The van der Waals surface area contributed by atoms with Gasteiger partial charge in [-0.05, 0) is 41.8 Å². The maximum absolute atomic E-state index is 12.1. The lowest BCUT2D eigenvalue weighted by atomic mass is 10.1. The second-order valence-corrected chi connectivity index (χ2v) is 6.14. The molecule has 0 saturated heterocycles. The molecule has 6 heteroatoms. The average Bonchev–Trinajstić information content (AvgIpc) is 2.67. The second-order valence-electron chi connectivity index (χ2n) is 6.14. The van der Waals surface area contributed by atoms with Gasteiger partial charge < -0.3 is 19.9 Å². The fourth-order valence-electron chi connectivity index (χ4n) is 2.48. The number of carboxylic acid groups (broad SMARTS) is 1. The molecule has 0 unspecified atom stereocenters. The van der Waals surface area contributed by atoms with Gasteiger partial charge in [0.15, 0.2) is 11.5 Å². The highest BCUT2D eigenvalue weighted by Crippen LogP contribution is 2.28. The summed E-state index contributed by atoms with van der Waals surface area (Å²) >= 11 is 0. The third-order valence-electron chi connectivity index (χ3n) is 4.04. The van der Waals surface area contributed by atoms with E-state index in [1.165, 1.54) is 12.1 Å². The zero-order chi connectivity index (χ0) is 19.6. The molecule has 2 aromatic rings. The van der Waals surface area contributed by atoms with Crippen molar-refractivity contribution in [3.05, 3.63) is 59.2 Å². The number of rotatable bonds is 10. The largest absolute Gasteiger partial charge is 0.493 e. The minimum atomic E-state index is -0.984. The fraction of sp³-hybridized carbons (Fsp3) is 0.333. The number of unbranched alkanes of at least 4 members (excludes halogenated alkanes) is 1. The summed E-state index contributed by atoms with van der Waals surface area (Å²) in [5, 5.41) is 11.7. The highest BCUT2D eigenvalue weighted by atomic mass is 16.5. The standard InChI is InChI=1S/C21H25NO5/c1-3-4-11-27-18-10-7-16(12-19(18)26-2)14-22-20(23)13-15-5-8-17(9-6-15)21(24)25/h5-10,12H,3-4,11,13-14H2,1-2H3,(H,22,23)(H,24,25). The van der Waals surface area contributed by atoms with Crippen molar-refractivity contribution in [1.82, 2.24) is 5.32 Å². The molecule has 0 aliphatic heterocycles. The minimum absolute atomic E-state index is 0.139. The third kappa shape index (κ3) is 6.33. The molecule has 27 heavy (non-hydrogen) atoms. The first-order valence-corrected chi connectivity index (χ1v) is 8.92. The van der Waals surface area contributed by atoms with Gasteiger partial charge in [-0.3, -0.25) is 4.79 Å². The molecule has 0 heterocycles. The summed E-state index contributed by atoms with van der Waals surface area (Å²) < 4.78 is 11.1. The maximum Gasteiger partial charge on any atom is 0.335 e. The quantitative estimate of drug-likeness (QED) is 0.625. The number of aromatic carboxylic acids is 1. The Morgan fingerprint density at radius 2 is 1.74 bits per heavy atom. The van der Waals surface area contributed by atoms with Crippen LogP contribution in [0.3, 0.4) is 0 Å². The number of nitrogens with one attached hydrogen (secondary N) is 1. The van der Waals surface area contributed by atoms with Crippen LogP contribution in [0.25, 0.3) is 0 Å². The summed E-state index contributed by atoms with van der Waals surface area (Å²) in [4.78, 5) is 23.0. The molecule has 2 N–H and O–H groups in total. The Morgan fingerprint density at radius 3 is 2.37 bits per heavy atom. The number of ether oxygens (including phenoxy) is 2. The number of carbonyl (C=O) groups is 2. The summed E-state index contributed by atoms with van der Waals surface area (Å²) in [5.41, 5.74) is 1.87. The summed E-state index contributed by atoms with van der Waals surface area (Å²) in [5.74, 6) is 0.212. The highest BCUT2D eigenvalue weighted by Gasteiger charge is 2.09. The van der Waals surface area contributed by atoms with Crippen molar-refractivity contribution < 1.29 is 24.2 Å². The van der Waals surface area contributed by atoms with Crippen LogP contribution < -0.4 is 14.8 Å². The van der Waals surface area contributed by atoms with Crippen molar-refractivity contribution in [2.45, 2.75) is 32.7 Å². The number of amides is 1. The first-order valence-electron chi connectivity index (χ1n) is 8.92. The molecule has 6 nitrogen and oxygen atoms in total. The molecule has 0 bridgehead atoms. The smallest absolute Gasteiger partial charge is 0.335 e. The molecular formula is C21H25NO5. The van der Waals surface area contributed by atoms with Crippen LogP contribution in [0.1, 0.15) is 41.3 Å². The van der Waals surface area contributed by atoms with Gasteiger partial charge in [-0.1, -0.05) is 31.5 Å². The monoisotopic (exact) mass is 371 g/mol. The molecule has 0 fully saturated rings. The van der Waals surface area contributed by atoms with Crippen LogP contribution in [0.15, 0.2) is 42.5 Å². The molecular weight excluding hydrogens is 346 g/mol. The summed E-state index contributed by atoms with van der Waals surface area (Å²) in [6.45, 7) is 3.12. The molecule has 0 aromatic heterocycles. The van der Waals surface area contributed by atoms with Crippen LogP contribution in [-0.4, -0.2) is 30.7 Å². The van der Waals surface area contributed by atoms with E-state index in [-0.39, 0.29) is 17.9 Å². The third-order valence-corrected chi connectivity index (χ3v) is 4.04. The Kier molecular flexibility index (Phi) is 7.67. The molecule has 1 amide bonds. The van der Waals surface area contributed by atoms with Crippen molar-refractivity contribution in [3.8, 4) is 11.5 Å². The minimum Gasteiger partial charge on any atom is -0.493 e. The van der Waals surface area contributed by atoms with Gasteiger partial charge in [-0.2, -0.15) is 0 Å². The van der Waals surface area contributed by atoms with Crippen molar-refractivity contribution in [2.75, 3.05) is 13.7 Å². The van der Waals surface area contributed by atoms with Crippen LogP contribution in [0.4, 0.5) is 0 Å². The molecule has 144 valence electrons. The number of carbonyl (C=O) groups excluding carboxylic acids is 1. The van der Waals surface area contributed by atoms with E-state index < -0.39 is 5.97 Å². The van der Waals surface area contributed by atoms with Gasteiger partial charge in [0.2, 0.25) is 5.91 Å². The predicted molar refractivity (Wildman–Crippen MR) is 102 cm³/mol. The molecule has 0 atom stereocenters. The topological polar surface area (TPSA) is 84.9 Å². The van der Waals surface area contributed by atoms with Crippen LogP contribution in [0.2, 0.25) is 0 Å². The lowest BCUT2D eigenvalue weighted by molar-refractivity contribution is -0.120. The maximum atomic E-state index is 12.1. The number of methoxy groups -OCH3 is 1. The number of hydrogen-bond donors (Lipinski definition) is 2. The molecule has 0 aliphatic carbocycles. The molecule has 2 aromatic carbocycles.